The molecule has 0 heterocycles. The van der Waals surface area contributed by atoms with Gasteiger partial charge in [0.25, 0.3) is 0 Å². The van der Waals surface area contributed by atoms with Crippen LogP contribution in [0.3, 0.4) is 0 Å². The Hall–Kier alpha value is -0.710. The second-order valence-corrected chi connectivity index (χ2v) is 6.71. The van der Waals surface area contributed by atoms with E-state index in [-0.39, 0.29) is 5.92 Å². The van der Waals surface area contributed by atoms with E-state index in [0.717, 1.165) is 30.7 Å². The SMILES string of the molecule is CCCNC(CSc1cccc(Cl)c1)(C(=O)O)C1CC1. The van der Waals surface area contributed by atoms with Crippen LogP contribution in [0.2, 0.25) is 5.02 Å². The summed E-state index contributed by atoms with van der Waals surface area (Å²) in [5, 5.41) is 13.7. The predicted octanol–water partition coefficient (Wildman–Crippen LogP) is 3.67. The highest BCUT2D eigenvalue weighted by Crippen LogP contribution is 2.42. The molecule has 0 radical (unpaired) electrons. The van der Waals surface area contributed by atoms with Crippen LogP contribution in [0.5, 0.6) is 0 Å². The van der Waals surface area contributed by atoms with Crippen molar-refractivity contribution in [3.05, 3.63) is 29.3 Å². The Bertz CT molecular complexity index is 479. The monoisotopic (exact) mass is 313 g/mol. The zero-order valence-electron chi connectivity index (χ0n) is 11.6. The van der Waals surface area contributed by atoms with Gasteiger partial charge < -0.3 is 10.4 Å². The highest BCUT2D eigenvalue weighted by molar-refractivity contribution is 7.99. The largest absolute Gasteiger partial charge is 0.480 e. The van der Waals surface area contributed by atoms with Crippen LogP contribution in [0.1, 0.15) is 26.2 Å². The standard InChI is InChI=1S/C15H20ClNO2S/c1-2-8-17-15(14(18)19,11-6-7-11)10-20-13-5-3-4-12(16)9-13/h3-5,9,11,17H,2,6-8,10H2,1H3,(H,18,19). The number of nitrogens with one attached hydrogen (secondary N) is 1. The van der Waals surface area contributed by atoms with Crippen molar-refractivity contribution in [3.8, 4) is 0 Å². The molecule has 1 aliphatic carbocycles. The number of hydrogen-bond acceptors (Lipinski definition) is 3. The molecule has 1 unspecified atom stereocenters. The van der Waals surface area contributed by atoms with Gasteiger partial charge in [-0.15, -0.1) is 11.8 Å². The Morgan fingerprint density at radius 1 is 1.55 bits per heavy atom. The normalized spacial score (nSPS) is 17.7. The molecule has 1 atom stereocenters. The topological polar surface area (TPSA) is 49.3 Å². The summed E-state index contributed by atoms with van der Waals surface area (Å²) < 4.78 is 0. The van der Waals surface area contributed by atoms with E-state index in [1.165, 1.54) is 0 Å². The zero-order valence-corrected chi connectivity index (χ0v) is 13.1. The molecule has 1 aromatic carbocycles. The maximum absolute atomic E-state index is 11.8. The molecule has 1 fully saturated rings. The number of thioether (sulfide) groups is 1. The minimum Gasteiger partial charge on any atom is -0.480 e. The second-order valence-electron chi connectivity index (χ2n) is 5.22. The molecule has 0 saturated heterocycles. The van der Waals surface area contributed by atoms with Gasteiger partial charge in [0.1, 0.15) is 5.54 Å². The van der Waals surface area contributed by atoms with Gasteiger partial charge in [-0.1, -0.05) is 24.6 Å². The van der Waals surface area contributed by atoms with Gasteiger partial charge in [0.2, 0.25) is 0 Å². The highest BCUT2D eigenvalue weighted by Gasteiger charge is 2.50. The van der Waals surface area contributed by atoms with Crippen LogP contribution in [0.4, 0.5) is 0 Å². The summed E-state index contributed by atoms with van der Waals surface area (Å²) in [6.45, 7) is 2.79. The highest BCUT2D eigenvalue weighted by atomic mass is 35.5. The summed E-state index contributed by atoms with van der Waals surface area (Å²) in [6.07, 6.45) is 2.93. The zero-order chi connectivity index (χ0) is 14.6. The van der Waals surface area contributed by atoms with Crippen molar-refractivity contribution in [2.75, 3.05) is 12.3 Å². The maximum Gasteiger partial charge on any atom is 0.325 e. The van der Waals surface area contributed by atoms with E-state index >= 15 is 0 Å². The molecule has 0 aliphatic heterocycles. The molecular weight excluding hydrogens is 294 g/mol. The molecule has 0 aromatic heterocycles. The van der Waals surface area contributed by atoms with Crippen LogP contribution in [0.25, 0.3) is 0 Å². The third-order valence-corrected chi connectivity index (χ3v) is 5.03. The van der Waals surface area contributed by atoms with Crippen LogP contribution in [0.15, 0.2) is 29.2 Å². The molecule has 1 aromatic rings. The number of benzene rings is 1. The lowest BCUT2D eigenvalue weighted by atomic mass is 9.95. The fourth-order valence-corrected chi connectivity index (χ4v) is 3.80. The molecular formula is C15H20ClNO2S. The average molecular weight is 314 g/mol. The van der Waals surface area contributed by atoms with Gasteiger partial charge >= 0.3 is 5.97 Å². The molecule has 20 heavy (non-hydrogen) atoms. The van der Waals surface area contributed by atoms with Gasteiger partial charge in [0, 0.05) is 15.7 Å². The molecule has 1 aliphatic rings. The van der Waals surface area contributed by atoms with Crippen LogP contribution in [-0.2, 0) is 4.79 Å². The second kappa shape index (κ2) is 6.83. The Morgan fingerprint density at radius 3 is 2.85 bits per heavy atom. The molecule has 2 N–H and O–H groups in total. The number of carboxylic acid groups (broad SMARTS) is 1. The first kappa shape index (κ1) is 15.7. The summed E-state index contributed by atoms with van der Waals surface area (Å²) in [7, 11) is 0. The Morgan fingerprint density at radius 2 is 2.30 bits per heavy atom. The summed E-state index contributed by atoms with van der Waals surface area (Å²) >= 11 is 7.53. The first-order valence-electron chi connectivity index (χ1n) is 6.95. The number of aliphatic carboxylic acids is 1. The van der Waals surface area contributed by atoms with Crippen molar-refractivity contribution in [3.63, 3.8) is 0 Å². The number of hydrogen-bond donors (Lipinski definition) is 2. The van der Waals surface area contributed by atoms with Gasteiger partial charge in [-0.05, 0) is 49.9 Å². The smallest absolute Gasteiger partial charge is 0.325 e. The number of halogens is 1. The van der Waals surface area contributed by atoms with Gasteiger partial charge in [-0.3, -0.25) is 4.79 Å². The molecule has 110 valence electrons. The third kappa shape index (κ3) is 3.68. The Labute approximate surface area is 129 Å². The van der Waals surface area contributed by atoms with Gasteiger partial charge in [0.15, 0.2) is 0 Å². The predicted molar refractivity (Wildman–Crippen MR) is 83.6 cm³/mol. The Balaban J connectivity index is 2.09. The van der Waals surface area contributed by atoms with Crippen LogP contribution < -0.4 is 5.32 Å². The van der Waals surface area contributed by atoms with Crippen molar-refractivity contribution < 1.29 is 9.90 Å². The third-order valence-electron chi connectivity index (χ3n) is 3.61. The van der Waals surface area contributed by atoms with Gasteiger partial charge in [-0.2, -0.15) is 0 Å². The molecule has 2 rings (SSSR count). The minimum atomic E-state index is -0.803. The van der Waals surface area contributed by atoms with E-state index in [1.807, 2.05) is 24.3 Å². The van der Waals surface area contributed by atoms with E-state index in [4.69, 9.17) is 11.6 Å². The lowest BCUT2D eigenvalue weighted by molar-refractivity contribution is -0.144. The molecule has 0 bridgehead atoms. The number of carboxylic acids is 1. The van der Waals surface area contributed by atoms with Crippen molar-refractivity contribution >= 4 is 29.3 Å². The summed E-state index contributed by atoms with van der Waals surface area (Å²) in [5.41, 5.74) is -0.803. The number of carbonyl (C=O) groups is 1. The van der Waals surface area contributed by atoms with E-state index in [1.54, 1.807) is 11.8 Å². The maximum atomic E-state index is 11.8. The minimum absolute atomic E-state index is 0.248. The quantitative estimate of drug-likeness (QED) is 0.719. The van der Waals surface area contributed by atoms with Crippen molar-refractivity contribution in [2.24, 2.45) is 5.92 Å². The first-order chi connectivity index (χ1) is 9.58. The average Bonchev–Trinajstić information content (AvgIpc) is 3.24. The molecule has 5 heteroatoms. The van der Waals surface area contributed by atoms with Gasteiger partial charge in [-0.25, -0.2) is 0 Å². The Kier molecular flexibility index (Phi) is 5.35. The summed E-state index contributed by atoms with van der Waals surface area (Å²) in [5.74, 6) is 0.0501. The molecule has 3 nitrogen and oxygen atoms in total. The summed E-state index contributed by atoms with van der Waals surface area (Å²) in [6, 6.07) is 7.57. The van der Waals surface area contributed by atoms with Crippen molar-refractivity contribution in [1.29, 1.82) is 0 Å². The van der Waals surface area contributed by atoms with E-state index in [9.17, 15) is 9.90 Å². The van der Waals surface area contributed by atoms with E-state index in [2.05, 4.69) is 12.2 Å². The van der Waals surface area contributed by atoms with Crippen LogP contribution in [0, 0.1) is 5.92 Å². The van der Waals surface area contributed by atoms with Crippen molar-refractivity contribution in [2.45, 2.75) is 36.6 Å². The lowest BCUT2D eigenvalue weighted by Crippen LogP contribution is -2.56. The summed E-state index contributed by atoms with van der Waals surface area (Å²) in [4.78, 5) is 12.8. The number of rotatable bonds is 8. The van der Waals surface area contributed by atoms with Crippen LogP contribution in [-0.4, -0.2) is 28.9 Å². The van der Waals surface area contributed by atoms with Crippen LogP contribution >= 0.6 is 23.4 Å². The van der Waals surface area contributed by atoms with E-state index in [0.29, 0.717) is 10.8 Å². The molecule has 0 amide bonds. The first-order valence-corrected chi connectivity index (χ1v) is 8.31. The molecule has 0 spiro atoms. The fourth-order valence-electron chi connectivity index (χ4n) is 2.30. The van der Waals surface area contributed by atoms with E-state index < -0.39 is 11.5 Å². The lowest BCUT2D eigenvalue weighted by Gasteiger charge is -2.30. The molecule has 1 saturated carbocycles. The van der Waals surface area contributed by atoms with Gasteiger partial charge in [0.05, 0.1) is 0 Å². The fraction of sp³-hybridized carbons (Fsp3) is 0.533. The van der Waals surface area contributed by atoms with Crippen molar-refractivity contribution in [1.82, 2.24) is 5.32 Å².